The molecule has 26 heavy (non-hydrogen) atoms. The highest BCUT2D eigenvalue weighted by Gasteiger charge is 2.44. The molecule has 1 aromatic rings. The molecule has 140 valence electrons. The number of likely N-dealkylation sites (tertiary alicyclic amines) is 1. The molecule has 7 nitrogen and oxygen atoms in total. The van der Waals surface area contributed by atoms with E-state index in [1.54, 1.807) is 4.90 Å². The van der Waals surface area contributed by atoms with E-state index < -0.39 is 17.4 Å². The van der Waals surface area contributed by atoms with Crippen LogP contribution in [0.2, 0.25) is 0 Å². The van der Waals surface area contributed by atoms with E-state index in [1.807, 2.05) is 31.2 Å². The van der Waals surface area contributed by atoms with Crippen molar-refractivity contribution < 1.29 is 24.2 Å². The van der Waals surface area contributed by atoms with Gasteiger partial charge in [0.2, 0.25) is 11.8 Å². The molecular formula is C19H24N2O5. The Kier molecular flexibility index (Phi) is 5.27. The number of amides is 2. The van der Waals surface area contributed by atoms with Crippen LogP contribution < -0.4 is 5.32 Å². The Morgan fingerprint density at radius 1 is 1.27 bits per heavy atom. The number of hydrogen-bond acceptors (Lipinski definition) is 4. The van der Waals surface area contributed by atoms with Gasteiger partial charge in [-0.1, -0.05) is 29.8 Å². The van der Waals surface area contributed by atoms with Crippen molar-refractivity contribution in [3.8, 4) is 0 Å². The first-order valence-corrected chi connectivity index (χ1v) is 8.86. The molecule has 0 spiro atoms. The second kappa shape index (κ2) is 7.45. The summed E-state index contributed by atoms with van der Waals surface area (Å²) in [6.07, 6.45) is 0.591. The monoisotopic (exact) mass is 360 g/mol. The number of carbonyl (C=O) groups is 3. The largest absolute Gasteiger partial charge is 0.480 e. The molecule has 0 radical (unpaired) electrons. The molecule has 1 atom stereocenters. The summed E-state index contributed by atoms with van der Waals surface area (Å²) < 4.78 is 5.21. The summed E-state index contributed by atoms with van der Waals surface area (Å²) in [5.41, 5.74) is 0.869. The SMILES string of the molecule is Cc1ccc(CN2CC(C(=O)NC3(C(=O)O)CCOCC3)CC2=O)cc1. The van der Waals surface area contributed by atoms with Gasteiger partial charge in [0.25, 0.3) is 0 Å². The van der Waals surface area contributed by atoms with Crippen molar-refractivity contribution in [3.05, 3.63) is 35.4 Å². The van der Waals surface area contributed by atoms with Crippen molar-refractivity contribution >= 4 is 17.8 Å². The van der Waals surface area contributed by atoms with Gasteiger partial charge in [0, 0.05) is 45.6 Å². The van der Waals surface area contributed by atoms with E-state index in [-0.39, 0.29) is 31.1 Å². The van der Waals surface area contributed by atoms with Gasteiger partial charge in [0.1, 0.15) is 5.54 Å². The number of carboxylic acids is 1. The Morgan fingerprint density at radius 3 is 2.54 bits per heavy atom. The van der Waals surface area contributed by atoms with Gasteiger partial charge in [-0.25, -0.2) is 4.79 Å². The molecule has 2 aliphatic rings. The smallest absolute Gasteiger partial charge is 0.329 e. The second-order valence-corrected chi connectivity index (χ2v) is 7.15. The second-order valence-electron chi connectivity index (χ2n) is 7.15. The zero-order chi connectivity index (χ0) is 18.7. The molecule has 0 aliphatic carbocycles. The number of nitrogens with zero attached hydrogens (tertiary/aromatic N) is 1. The topological polar surface area (TPSA) is 95.9 Å². The fraction of sp³-hybridized carbons (Fsp3) is 0.526. The van der Waals surface area contributed by atoms with Crippen LogP contribution in [0.1, 0.15) is 30.4 Å². The highest BCUT2D eigenvalue weighted by atomic mass is 16.5. The number of benzene rings is 1. The van der Waals surface area contributed by atoms with Crippen molar-refractivity contribution in [2.45, 2.75) is 38.3 Å². The standard InChI is InChI=1S/C19H24N2O5/c1-13-2-4-14(5-3-13)11-21-12-15(10-16(21)22)17(23)20-19(18(24)25)6-8-26-9-7-19/h2-5,15H,6-12H2,1H3,(H,20,23)(H,24,25). The molecule has 2 amide bonds. The quantitative estimate of drug-likeness (QED) is 0.820. The molecule has 0 aromatic heterocycles. The number of aryl methyl sites for hydroxylation is 1. The van der Waals surface area contributed by atoms with Crippen LogP contribution in [0.25, 0.3) is 0 Å². The minimum Gasteiger partial charge on any atom is -0.480 e. The van der Waals surface area contributed by atoms with Crippen LogP contribution in [0.3, 0.4) is 0 Å². The Labute approximate surface area is 152 Å². The lowest BCUT2D eigenvalue weighted by Gasteiger charge is -2.34. The fourth-order valence-electron chi connectivity index (χ4n) is 3.46. The van der Waals surface area contributed by atoms with Gasteiger partial charge in [-0.3, -0.25) is 9.59 Å². The Balaban J connectivity index is 1.63. The van der Waals surface area contributed by atoms with E-state index in [4.69, 9.17) is 4.74 Å². The molecule has 2 saturated heterocycles. The molecule has 1 unspecified atom stereocenters. The predicted octanol–water partition coefficient (Wildman–Crippen LogP) is 1.09. The summed E-state index contributed by atoms with van der Waals surface area (Å²) in [4.78, 5) is 38.2. The predicted molar refractivity (Wildman–Crippen MR) is 93.3 cm³/mol. The highest BCUT2D eigenvalue weighted by molar-refractivity contribution is 5.92. The van der Waals surface area contributed by atoms with E-state index in [9.17, 15) is 19.5 Å². The molecule has 0 bridgehead atoms. The minimum atomic E-state index is -1.29. The minimum absolute atomic E-state index is 0.0814. The average Bonchev–Trinajstić information content (AvgIpc) is 2.98. The van der Waals surface area contributed by atoms with E-state index >= 15 is 0 Å². The number of nitrogens with one attached hydrogen (secondary N) is 1. The molecule has 2 heterocycles. The maximum atomic E-state index is 12.6. The Bertz CT molecular complexity index is 694. The Hall–Kier alpha value is -2.41. The van der Waals surface area contributed by atoms with Crippen molar-refractivity contribution in [1.29, 1.82) is 0 Å². The first kappa shape index (κ1) is 18.4. The molecule has 0 saturated carbocycles. The molecule has 2 N–H and O–H groups in total. The Morgan fingerprint density at radius 2 is 1.92 bits per heavy atom. The first-order chi connectivity index (χ1) is 12.4. The van der Waals surface area contributed by atoms with Gasteiger partial charge >= 0.3 is 5.97 Å². The van der Waals surface area contributed by atoms with Gasteiger partial charge in [0.05, 0.1) is 5.92 Å². The molecule has 3 rings (SSSR count). The number of carbonyl (C=O) groups excluding carboxylic acids is 2. The number of rotatable bonds is 5. The van der Waals surface area contributed by atoms with Crippen LogP contribution in [0.4, 0.5) is 0 Å². The number of carboxylic acid groups (broad SMARTS) is 1. The van der Waals surface area contributed by atoms with Gasteiger partial charge < -0.3 is 20.1 Å². The van der Waals surface area contributed by atoms with Crippen LogP contribution in [0.5, 0.6) is 0 Å². The lowest BCUT2D eigenvalue weighted by molar-refractivity contribution is -0.152. The van der Waals surface area contributed by atoms with E-state index in [2.05, 4.69) is 5.32 Å². The van der Waals surface area contributed by atoms with Crippen LogP contribution in [0.15, 0.2) is 24.3 Å². The van der Waals surface area contributed by atoms with Crippen molar-refractivity contribution in [1.82, 2.24) is 10.2 Å². The van der Waals surface area contributed by atoms with Crippen molar-refractivity contribution in [2.24, 2.45) is 5.92 Å². The van der Waals surface area contributed by atoms with Gasteiger partial charge in [-0.2, -0.15) is 0 Å². The molecular weight excluding hydrogens is 336 g/mol. The van der Waals surface area contributed by atoms with Crippen LogP contribution >= 0.6 is 0 Å². The summed E-state index contributed by atoms with van der Waals surface area (Å²) >= 11 is 0. The van der Waals surface area contributed by atoms with Crippen molar-refractivity contribution in [3.63, 3.8) is 0 Å². The van der Waals surface area contributed by atoms with Gasteiger partial charge in [-0.05, 0) is 12.5 Å². The summed E-state index contributed by atoms with van der Waals surface area (Å²) in [6, 6.07) is 7.92. The van der Waals surface area contributed by atoms with E-state index in [0.29, 0.717) is 26.3 Å². The van der Waals surface area contributed by atoms with Crippen molar-refractivity contribution in [2.75, 3.05) is 19.8 Å². The normalized spacial score (nSPS) is 22.3. The first-order valence-electron chi connectivity index (χ1n) is 8.86. The third-order valence-electron chi connectivity index (χ3n) is 5.20. The summed E-state index contributed by atoms with van der Waals surface area (Å²) in [5.74, 6) is -2.02. The molecule has 2 fully saturated rings. The van der Waals surface area contributed by atoms with Crippen LogP contribution in [-0.4, -0.2) is 53.1 Å². The number of hydrogen-bond donors (Lipinski definition) is 2. The molecule has 2 aliphatic heterocycles. The zero-order valence-electron chi connectivity index (χ0n) is 14.9. The van der Waals surface area contributed by atoms with E-state index in [1.165, 1.54) is 0 Å². The summed E-state index contributed by atoms with van der Waals surface area (Å²) in [7, 11) is 0. The van der Waals surface area contributed by atoms with Crippen LogP contribution in [0, 0.1) is 12.8 Å². The van der Waals surface area contributed by atoms with Gasteiger partial charge in [0.15, 0.2) is 0 Å². The third kappa shape index (κ3) is 3.88. The lowest BCUT2D eigenvalue weighted by atomic mass is 9.89. The molecule has 1 aromatic carbocycles. The maximum Gasteiger partial charge on any atom is 0.329 e. The van der Waals surface area contributed by atoms with Crippen LogP contribution in [-0.2, 0) is 25.7 Å². The summed E-state index contributed by atoms with van der Waals surface area (Å²) in [5, 5.41) is 12.2. The number of ether oxygens (including phenoxy) is 1. The summed E-state index contributed by atoms with van der Waals surface area (Å²) in [6.45, 7) is 3.37. The zero-order valence-corrected chi connectivity index (χ0v) is 14.9. The average molecular weight is 360 g/mol. The third-order valence-corrected chi connectivity index (χ3v) is 5.20. The molecule has 7 heteroatoms. The van der Waals surface area contributed by atoms with Gasteiger partial charge in [-0.15, -0.1) is 0 Å². The highest BCUT2D eigenvalue weighted by Crippen LogP contribution is 2.25. The lowest BCUT2D eigenvalue weighted by Crippen LogP contribution is -2.58. The number of aliphatic carboxylic acids is 1. The van der Waals surface area contributed by atoms with E-state index in [0.717, 1.165) is 11.1 Å². The fourth-order valence-corrected chi connectivity index (χ4v) is 3.46. The maximum absolute atomic E-state index is 12.6.